The second-order valence-electron chi connectivity index (χ2n) is 5.12. The maximum Gasteiger partial charge on any atom is 0.399 e. The summed E-state index contributed by atoms with van der Waals surface area (Å²) in [6, 6.07) is 7.33. The molecule has 1 aromatic carbocycles. The smallest absolute Gasteiger partial charge is 0.305 e. The van der Waals surface area contributed by atoms with E-state index in [1.165, 1.54) is 45.0 Å². The summed E-state index contributed by atoms with van der Waals surface area (Å²) >= 11 is 0. The Bertz CT molecular complexity index is 654. The fourth-order valence-corrected chi connectivity index (χ4v) is 5.91. The van der Waals surface area contributed by atoms with Crippen LogP contribution in [0.5, 0.6) is 0 Å². The van der Waals surface area contributed by atoms with Crippen molar-refractivity contribution in [3.8, 4) is 0 Å². The molecule has 1 aromatic rings. The lowest BCUT2D eigenvalue weighted by atomic mass is 10.1. The van der Waals surface area contributed by atoms with E-state index in [1.807, 2.05) is 0 Å². The zero-order chi connectivity index (χ0) is 18.4. The van der Waals surface area contributed by atoms with Crippen LogP contribution in [-0.2, 0) is 23.4 Å². The number of sulfone groups is 1. The minimum absolute atomic E-state index is 0.0538. The monoisotopic (exact) mass is 384 g/mol. The van der Waals surface area contributed by atoms with Gasteiger partial charge in [0.1, 0.15) is 0 Å². The molecule has 5 nitrogen and oxygen atoms in total. The van der Waals surface area contributed by atoms with Gasteiger partial charge in [-0.2, -0.15) is 8.78 Å². The maximum absolute atomic E-state index is 14.8. The van der Waals surface area contributed by atoms with E-state index < -0.39 is 34.8 Å². The molecule has 0 fully saturated rings. The van der Waals surface area contributed by atoms with Crippen LogP contribution in [0.3, 0.4) is 0 Å². The molecule has 0 heterocycles. The van der Waals surface area contributed by atoms with Gasteiger partial charge in [0.05, 0.1) is 23.9 Å². The highest BCUT2D eigenvalue weighted by molar-refractivity contribution is 7.91. The molecule has 1 unspecified atom stereocenters. The molecule has 138 valence electrons. The summed E-state index contributed by atoms with van der Waals surface area (Å²) in [6.45, 7) is 3.80. The first kappa shape index (κ1) is 21.2. The number of hydrogen-bond donors (Lipinski definition) is 0. The quantitative estimate of drug-likeness (QED) is 0.561. The van der Waals surface area contributed by atoms with E-state index in [2.05, 4.69) is 0 Å². The Morgan fingerprint density at radius 3 is 2.00 bits per heavy atom. The molecule has 0 aliphatic heterocycles. The van der Waals surface area contributed by atoms with E-state index in [0.717, 1.165) is 0 Å². The van der Waals surface area contributed by atoms with Gasteiger partial charge in [-0.1, -0.05) is 25.1 Å². The lowest BCUT2D eigenvalue weighted by Gasteiger charge is -2.31. The van der Waals surface area contributed by atoms with E-state index in [4.69, 9.17) is 9.05 Å². The van der Waals surface area contributed by atoms with Gasteiger partial charge in [-0.15, -0.1) is 0 Å². The Morgan fingerprint density at radius 1 is 1.08 bits per heavy atom. The first-order valence-electron chi connectivity index (χ1n) is 7.69. The summed E-state index contributed by atoms with van der Waals surface area (Å²) in [5.74, 6) is -2.53. The van der Waals surface area contributed by atoms with Gasteiger partial charge >= 0.3 is 13.3 Å². The van der Waals surface area contributed by atoms with Crippen LogP contribution in [0.1, 0.15) is 27.2 Å². The minimum atomic E-state index is -4.77. The molecule has 0 saturated carbocycles. The van der Waals surface area contributed by atoms with Crippen molar-refractivity contribution in [3.63, 3.8) is 0 Å². The fraction of sp³-hybridized carbons (Fsp3) is 0.600. The van der Waals surface area contributed by atoms with Gasteiger partial charge in [-0.05, 0) is 32.4 Å². The van der Waals surface area contributed by atoms with Crippen molar-refractivity contribution >= 4 is 17.4 Å². The van der Waals surface area contributed by atoms with E-state index in [0.29, 0.717) is 0 Å². The number of halogens is 2. The summed E-state index contributed by atoms with van der Waals surface area (Å²) in [5.41, 5.74) is -3.91. The average molecular weight is 384 g/mol. The maximum atomic E-state index is 14.8. The van der Waals surface area contributed by atoms with Crippen LogP contribution in [0.2, 0.25) is 0 Å². The van der Waals surface area contributed by atoms with Crippen molar-refractivity contribution in [3.05, 3.63) is 30.3 Å². The first-order chi connectivity index (χ1) is 11.1. The molecule has 9 heteroatoms. The Kier molecular flexibility index (Phi) is 7.53. The van der Waals surface area contributed by atoms with Crippen molar-refractivity contribution in [2.45, 2.75) is 37.8 Å². The van der Waals surface area contributed by atoms with Gasteiger partial charge in [0.15, 0.2) is 9.84 Å². The third kappa shape index (κ3) is 4.63. The highest BCUT2D eigenvalue weighted by Crippen LogP contribution is 2.65. The normalized spacial score (nSPS) is 14.5. The fourth-order valence-electron chi connectivity index (χ4n) is 2.23. The molecule has 0 bridgehead atoms. The van der Waals surface area contributed by atoms with Crippen molar-refractivity contribution in [1.29, 1.82) is 0 Å². The predicted molar refractivity (Wildman–Crippen MR) is 88.1 cm³/mol. The second kappa shape index (κ2) is 8.52. The molecule has 0 N–H and O–H groups in total. The zero-order valence-corrected chi connectivity index (χ0v) is 15.7. The molecule has 24 heavy (non-hydrogen) atoms. The summed E-state index contributed by atoms with van der Waals surface area (Å²) in [6.07, 6.45) is -0.191. The number of rotatable bonds is 10. The minimum Gasteiger partial charge on any atom is -0.305 e. The van der Waals surface area contributed by atoms with E-state index in [1.54, 1.807) is 6.07 Å². The first-order valence-corrected chi connectivity index (χ1v) is 10.9. The van der Waals surface area contributed by atoms with Crippen LogP contribution >= 0.6 is 7.60 Å². The summed E-state index contributed by atoms with van der Waals surface area (Å²) in [7, 11) is -8.73. The molecule has 0 aliphatic rings. The largest absolute Gasteiger partial charge is 0.399 e. The molecule has 0 aromatic heterocycles. The Labute approximate surface area is 141 Å². The Morgan fingerprint density at radius 2 is 1.58 bits per heavy atom. The zero-order valence-electron chi connectivity index (χ0n) is 13.9. The molecule has 1 rings (SSSR count). The average Bonchev–Trinajstić information content (AvgIpc) is 2.53. The summed E-state index contributed by atoms with van der Waals surface area (Å²) in [4.78, 5) is -0.0538. The third-order valence-corrected chi connectivity index (χ3v) is 7.59. The lowest BCUT2D eigenvalue weighted by molar-refractivity contribution is -0.00607. The van der Waals surface area contributed by atoms with Gasteiger partial charge in [0.2, 0.25) is 0 Å². The van der Waals surface area contributed by atoms with Gasteiger partial charge in [0.25, 0.3) is 0 Å². The molecule has 0 radical (unpaired) electrons. The van der Waals surface area contributed by atoms with Gasteiger partial charge < -0.3 is 9.05 Å². The van der Waals surface area contributed by atoms with E-state index >= 15 is 0 Å². The van der Waals surface area contributed by atoms with Crippen LogP contribution in [0.4, 0.5) is 8.78 Å². The number of hydrogen-bond acceptors (Lipinski definition) is 5. The lowest BCUT2D eigenvalue weighted by Crippen LogP contribution is -2.35. The molecular weight excluding hydrogens is 361 g/mol. The van der Waals surface area contributed by atoms with E-state index in [-0.39, 0.29) is 24.5 Å². The highest BCUT2D eigenvalue weighted by atomic mass is 32.2. The number of benzene rings is 1. The van der Waals surface area contributed by atoms with Crippen molar-refractivity contribution in [2.75, 3.05) is 19.0 Å². The topological polar surface area (TPSA) is 69.7 Å². The SMILES string of the molecule is CCOP(=O)(OCC)C(F)(F)C(CC)CS(=O)(=O)c1ccccc1. The summed E-state index contributed by atoms with van der Waals surface area (Å²) in [5, 5.41) is 0. The van der Waals surface area contributed by atoms with Crippen LogP contribution in [0.25, 0.3) is 0 Å². The molecular formula is C15H23F2O5PS. The van der Waals surface area contributed by atoms with Crippen molar-refractivity contribution in [1.82, 2.24) is 0 Å². The Hall–Kier alpha value is -0.820. The molecule has 0 saturated heterocycles. The second-order valence-corrected chi connectivity index (χ2v) is 9.26. The number of alkyl halides is 2. The van der Waals surface area contributed by atoms with Gasteiger partial charge in [0, 0.05) is 5.92 Å². The van der Waals surface area contributed by atoms with Gasteiger partial charge in [-0.3, -0.25) is 4.57 Å². The molecule has 0 aliphatic carbocycles. The third-order valence-electron chi connectivity index (χ3n) is 3.47. The van der Waals surface area contributed by atoms with Crippen LogP contribution in [-0.4, -0.2) is 33.0 Å². The molecule has 0 spiro atoms. The Balaban J connectivity index is 3.17. The van der Waals surface area contributed by atoms with Crippen LogP contribution in [0, 0.1) is 5.92 Å². The predicted octanol–water partition coefficient (Wildman–Crippen LogP) is 4.35. The highest BCUT2D eigenvalue weighted by Gasteiger charge is 2.58. The van der Waals surface area contributed by atoms with Crippen molar-refractivity contribution in [2.24, 2.45) is 5.92 Å². The molecule has 0 amide bonds. The van der Waals surface area contributed by atoms with E-state index in [9.17, 15) is 21.8 Å². The molecule has 1 atom stereocenters. The van der Waals surface area contributed by atoms with Gasteiger partial charge in [-0.25, -0.2) is 8.42 Å². The van der Waals surface area contributed by atoms with Crippen molar-refractivity contribution < 1.29 is 30.8 Å². The van der Waals surface area contributed by atoms with Crippen LogP contribution < -0.4 is 0 Å². The van der Waals surface area contributed by atoms with Crippen LogP contribution in [0.15, 0.2) is 35.2 Å². The summed E-state index contributed by atoms with van der Waals surface area (Å²) < 4.78 is 76.3. The standard InChI is InChI=1S/C15H23F2O5PS/c1-4-13(12-24(19,20)14-10-8-7-9-11-14)15(16,17)23(18,21-5-2)22-6-3/h7-11,13H,4-6,12H2,1-3H3.